The van der Waals surface area contributed by atoms with Crippen LogP contribution < -0.4 is 4.74 Å². The molecule has 13 heteroatoms. The van der Waals surface area contributed by atoms with Crippen LogP contribution in [0.25, 0.3) is 22.9 Å². The van der Waals surface area contributed by atoms with E-state index in [9.17, 15) is 17.2 Å². The van der Waals surface area contributed by atoms with Crippen molar-refractivity contribution in [3.8, 4) is 28.8 Å². The van der Waals surface area contributed by atoms with E-state index in [4.69, 9.17) is 9.26 Å². The Bertz CT molecular complexity index is 1480. The van der Waals surface area contributed by atoms with Crippen LogP contribution in [-0.2, 0) is 16.6 Å². The molecule has 1 saturated heterocycles. The third-order valence-corrected chi connectivity index (χ3v) is 7.06. The van der Waals surface area contributed by atoms with Crippen molar-refractivity contribution in [1.82, 2.24) is 29.2 Å². The standard InChI is InChI=1S/C23H22F2N6O4S/c1-36(32,33)30-9-4-6-16(14-30)35-23-18(25)12-26-22(27-23)20-11-21(19-8-10-34-29-19)31(28-20)13-15-5-2-3-7-17(15)24/h2-3,5,7-8,10-12,16H,4,6,9,13-14H2,1H3. The van der Waals surface area contributed by atoms with Crippen molar-refractivity contribution >= 4 is 10.0 Å². The van der Waals surface area contributed by atoms with E-state index in [2.05, 4.69) is 20.2 Å². The smallest absolute Gasteiger partial charge is 0.254 e. The average molecular weight is 517 g/mol. The monoisotopic (exact) mass is 516 g/mol. The Morgan fingerprint density at radius 3 is 2.75 bits per heavy atom. The molecule has 36 heavy (non-hydrogen) atoms. The number of hydrogen-bond donors (Lipinski definition) is 0. The van der Waals surface area contributed by atoms with Gasteiger partial charge in [0.05, 0.1) is 31.2 Å². The Balaban J connectivity index is 1.45. The highest BCUT2D eigenvalue weighted by Crippen LogP contribution is 2.27. The predicted octanol–water partition coefficient (Wildman–Crippen LogP) is 3.12. The zero-order valence-corrected chi connectivity index (χ0v) is 20.0. The fourth-order valence-corrected chi connectivity index (χ4v) is 4.90. The summed E-state index contributed by atoms with van der Waals surface area (Å²) in [7, 11) is -3.39. The van der Waals surface area contributed by atoms with Gasteiger partial charge in [0.2, 0.25) is 15.8 Å². The topological polar surface area (TPSA) is 116 Å². The van der Waals surface area contributed by atoms with Crippen LogP contribution in [0.1, 0.15) is 18.4 Å². The van der Waals surface area contributed by atoms with E-state index in [0.29, 0.717) is 36.3 Å². The van der Waals surface area contributed by atoms with Crippen molar-refractivity contribution in [3.63, 3.8) is 0 Å². The van der Waals surface area contributed by atoms with E-state index in [0.717, 1.165) is 12.5 Å². The van der Waals surface area contributed by atoms with E-state index in [1.165, 1.54) is 21.3 Å². The molecule has 5 rings (SSSR count). The maximum Gasteiger partial charge on any atom is 0.254 e. The third-order valence-electron chi connectivity index (χ3n) is 5.79. The quantitative estimate of drug-likeness (QED) is 0.368. The minimum Gasteiger partial charge on any atom is -0.471 e. The summed E-state index contributed by atoms with van der Waals surface area (Å²) in [4.78, 5) is 8.26. The third kappa shape index (κ3) is 5.11. The Kier molecular flexibility index (Phi) is 6.49. The summed E-state index contributed by atoms with van der Waals surface area (Å²) in [6.45, 7) is 0.592. The average Bonchev–Trinajstić information content (AvgIpc) is 3.52. The van der Waals surface area contributed by atoms with Gasteiger partial charge in [-0.1, -0.05) is 23.4 Å². The molecule has 1 unspecified atom stereocenters. The summed E-state index contributed by atoms with van der Waals surface area (Å²) in [5, 5.41) is 8.46. The second-order valence-electron chi connectivity index (χ2n) is 8.40. The van der Waals surface area contributed by atoms with Gasteiger partial charge in [0.1, 0.15) is 29.6 Å². The first-order valence-electron chi connectivity index (χ1n) is 11.1. The first kappa shape index (κ1) is 24.0. The SMILES string of the molecule is CS(=O)(=O)N1CCCC(Oc2nc(-c3cc(-c4ccon4)n(Cc4ccccc4F)n3)ncc2F)C1. The number of sulfonamides is 1. The molecular weight excluding hydrogens is 494 g/mol. The zero-order chi connectivity index (χ0) is 25.3. The summed E-state index contributed by atoms with van der Waals surface area (Å²) in [6, 6.07) is 9.60. The minimum absolute atomic E-state index is 0.0826. The van der Waals surface area contributed by atoms with Crippen molar-refractivity contribution in [2.75, 3.05) is 19.3 Å². The number of halogens is 2. The lowest BCUT2D eigenvalue weighted by molar-refractivity contribution is 0.119. The lowest BCUT2D eigenvalue weighted by Gasteiger charge is -2.30. The van der Waals surface area contributed by atoms with E-state index in [1.807, 2.05) is 0 Å². The van der Waals surface area contributed by atoms with Crippen LogP contribution in [0.3, 0.4) is 0 Å². The first-order valence-corrected chi connectivity index (χ1v) is 13.0. The summed E-state index contributed by atoms with van der Waals surface area (Å²) < 4.78 is 66.2. The van der Waals surface area contributed by atoms with Gasteiger partial charge in [-0.15, -0.1) is 0 Å². The van der Waals surface area contributed by atoms with Crippen LogP contribution >= 0.6 is 0 Å². The Morgan fingerprint density at radius 1 is 1.17 bits per heavy atom. The Labute approximate surface area is 205 Å². The van der Waals surface area contributed by atoms with Crippen molar-refractivity contribution < 1.29 is 26.5 Å². The van der Waals surface area contributed by atoms with Gasteiger partial charge in [-0.3, -0.25) is 4.68 Å². The van der Waals surface area contributed by atoms with Crippen LogP contribution in [-0.4, -0.2) is 63.1 Å². The van der Waals surface area contributed by atoms with Crippen LogP contribution in [0.2, 0.25) is 0 Å². The molecule has 1 aromatic carbocycles. The van der Waals surface area contributed by atoms with Crippen molar-refractivity contribution in [2.24, 2.45) is 0 Å². The maximum absolute atomic E-state index is 14.5. The van der Waals surface area contributed by atoms with Crippen molar-refractivity contribution in [2.45, 2.75) is 25.5 Å². The highest BCUT2D eigenvalue weighted by atomic mass is 32.2. The van der Waals surface area contributed by atoms with Crippen molar-refractivity contribution in [1.29, 1.82) is 0 Å². The van der Waals surface area contributed by atoms with Gasteiger partial charge in [0.15, 0.2) is 5.82 Å². The summed E-state index contributed by atoms with van der Waals surface area (Å²) >= 11 is 0. The molecule has 0 amide bonds. The molecule has 0 saturated carbocycles. The van der Waals surface area contributed by atoms with Gasteiger partial charge in [-0.2, -0.15) is 18.8 Å². The van der Waals surface area contributed by atoms with E-state index in [-0.39, 0.29) is 36.3 Å². The molecule has 0 N–H and O–H groups in total. The molecule has 10 nitrogen and oxygen atoms in total. The van der Waals surface area contributed by atoms with Gasteiger partial charge < -0.3 is 9.26 Å². The summed E-state index contributed by atoms with van der Waals surface area (Å²) in [5.74, 6) is -1.38. The number of ether oxygens (including phenoxy) is 1. The van der Waals surface area contributed by atoms with Crippen LogP contribution in [0.5, 0.6) is 5.88 Å². The van der Waals surface area contributed by atoms with Crippen LogP contribution in [0.4, 0.5) is 8.78 Å². The largest absolute Gasteiger partial charge is 0.471 e. The molecule has 188 valence electrons. The number of nitrogens with zero attached hydrogens (tertiary/aromatic N) is 6. The maximum atomic E-state index is 14.5. The first-order chi connectivity index (χ1) is 17.3. The molecule has 0 spiro atoms. The Morgan fingerprint density at radius 2 is 2.00 bits per heavy atom. The number of aromatic nitrogens is 5. The number of benzene rings is 1. The molecule has 3 aromatic heterocycles. The second kappa shape index (κ2) is 9.74. The van der Waals surface area contributed by atoms with Crippen LogP contribution in [0, 0.1) is 11.6 Å². The molecule has 0 radical (unpaired) electrons. The molecule has 1 aliphatic rings. The highest BCUT2D eigenvalue weighted by Gasteiger charge is 2.28. The van der Waals surface area contributed by atoms with Gasteiger partial charge in [0, 0.05) is 18.2 Å². The molecule has 4 heterocycles. The second-order valence-corrected chi connectivity index (χ2v) is 10.4. The molecular formula is C23H22F2N6O4S. The summed E-state index contributed by atoms with van der Waals surface area (Å²) in [6.07, 6.45) is 4.08. The number of piperidine rings is 1. The van der Waals surface area contributed by atoms with Gasteiger partial charge in [-0.25, -0.2) is 17.8 Å². The fraction of sp³-hybridized carbons (Fsp3) is 0.304. The minimum atomic E-state index is -3.39. The predicted molar refractivity (Wildman–Crippen MR) is 124 cm³/mol. The van der Waals surface area contributed by atoms with E-state index in [1.54, 1.807) is 30.3 Å². The van der Waals surface area contributed by atoms with E-state index >= 15 is 0 Å². The number of rotatable bonds is 7. The molecule has 1 aliphatic heterocycles. The molecule has 0 aliphatic carbocycles. The van der Waals surface area contributed by atoms with Crippen molar-refractivity contribution in [3.05, 3.63) is 66.1 Å². The number of hydrogen-bond acceptors (Lipinski definition) is 8. The van der Waals surface area contributed by atoms with Crippen LogP contribution in [0.15, 0.2) is 53.4 Å². The summed E-state index contributed by atoms with van der Waals surface area (Å²) in [5.41, 5.74) is 1.68. The lowest BCUT2D eigenvalue weighted by atomic mass is 10.1. The highest BCUT2D eigenvalue weighted by molar-refractivity contribution is 7.88. The molecule has 4 aromatic rings. The Hall–Kier alpha value is -3.71. The molecule has 1 fully saturated rings. The van der Waals surface area contributed by atoms with Gasteiger partial charge in [0.25, 0.3) is 5.88 Å². The zero-order valence-electron chi connectivity index (χ0n) is 19.2. The van der Waals surface area contributed by atoms with E-state index < -0.39 is 21.9 Å². The molecule has 0 bridgehead atoms. The normalized spacial score (nSPS) is 16.8. The van der Waals surface area contributed by atoms with Gasteiger partial charge in [-0.05, 0) is 25.0 Å². The lowest BCUT2D eigenvalue weighted by Crippen LogP contribution is -2.44. The van der Waals surface area contributed by atoms with Gasteiger partial charge >= 0.3 is 0 Å². The fourth-order valence-electron chi connectivity index (χ4n) is 4.00. The molecule has 1 atom stereocenters.